The fourth-order valence-electron chi connectivity index (χ4n) is 3.15. The molecular weight excluding hydrogens is 306 g/mol. The van der Waals surface area contributed by atoms with E-state index in [9.17, 15) is 4.79 Å². The highest BCUT2D eigenvalue weighted by Gasteiger charge is 2.25. The number of H-pyrrole nitrogens is 1. The standard InChI is InChI=1S/C17H25N5O2/c1-12(2)21-17(23)24-11-14-5-3-4-8-22(14)10-13-9-20-16-15(13)18-6-7-19-16/h6-7,9,12,14H,3-5,8,10-11H2,1-2H3,(H,19,20)(H,21,23). The van der Waals surface area contributed by atoms with Crippen molar-refractivity contribution < 1.29 is 9.53 Å². The molecule has 3 heterocycles. The predicted octanol–water partition coefficient (Wildman–Crippen LogP) is 2.45. The number of alkyl carbamates (subject to hydrolysis) is 1. The monoisotopic (exact) mass is 331 g/mol. The van der Waals surface area contributed by atoms with Crippen molar-refractivity contribution in [3.8, 4) is 0 Å². The SMILES string of the molecule is CC(C)NC(=O)OCC1CCCCN1Cc1c[nH]c2nccnc12. The highest BCUT2D eigenvalue weighted by molar-refractivity contribution is 5.74. The molecule has 7 nitrogen and oxygen atoms in total. The molecule has 130 valence electrons. The van der Waals surface area contributed by atoms with Crippen LogP contribution in [0, 0.1) is 0 Å². The molecule has 1 fully saturated rings. The summed E-state index contributed by atoms with van der Waals surface area (Å²) >= 11 is 0. The van der Waals surface area contributed by atoms with Gasteiger partial charge in [-0.1, -0.05) is 6.42 Å². The lowest BCUT2D eigenvalue weighted by Crippen LogP contribution is -2.43. The Morgan fingerprint density at radius 1 is 1.42 bits per heavy atom. The zero-order valence-electron chi connectivity index (χ0n) is 14.3. The number of hydrogen-bond donors (Lipinski definition) is 2. The first kappa shape index (κ1) is 16.7. The van der Waals surface area contributed by atoms with Crippen LogP contribution < -0.4 is 5.32 Å². The topological polar surface area (TPSA) is 83.1 Å². The third kappa shape index (κ3) is 4.03. The van der Waals surface area contributed by atoms with Gasteiger partial charge in [0.15, 0.2) is 5.65 Å². The Hall–Kier alpha value is -2.15. The van der Waals surface area contributed by atoms with Gasteiger partial charge in [-0.2, -0.15) is 0 Å². The maximum Gasteiger partial charge on any atom is 0.407 e. The Morgan fingerprint density at radius 2 is 2.25 bits per heavy atom. The first-order chi connectivity index (χ1) is 11.6. The Bertz CT molecular complexity index is 684. The fraction of sp³-hybridized carbons (Fsp3) is 0.588. The van der Waals surface area contributed by atoms with Crippen molar-refractivity contribution in [1.29, 1.82) is 0 Å². The summed E-state index contributed by atoms with van der Waals surface area (Å²) in [5, 5.41) is 2.76. The van der Waals surface area contributed by atoms with Crippen molar-refractivity contribution in [2.45, 2.75) is 51.7 Å². The normalized spacial score (nSPS) is 18.9. The average Bonchev–Trinajstić information content (AvgIpc) is 2.97. The first-order valence-electron chi connectivity index (χ1n) is 8.58. The quantitative estimate of drug-likeness (QED) is 0.879. The van der Waals surface area contributed by atoms with Gasteiger partial charge in [0.2, 0.25) is 0 Å². The minimum atomic E-state index is -0.339. The summed E-state index contributed by atoms with van der Waals surface area (Å²) in [5.74, 6) is 0. The summed E-state index contributed by atoms with van der Waals surface area (Å²) in [6, 6.07) is 0.336. The van der Waals surface area contributed by atoms with Crippen LogP contribution in [0.15, 0.2) is 18.6 Å². The number of likely N-dealkylation sites (tertiary alicyclic amines) is 1. The van der Waals surface area contributed by atoms with Crippen LogP contribution in [0.5, 0.6) is 0 Å². The van der Waals surface area contributed by atoms with Crippen LogP contribution in [0.1, 0.15) is 38.7 Å². The van der Waals surface area contributed by atoms with Gasteiger partial charge < -0.3 is 15.0 Å². The molecule has 1 aliphatic heterocycles. The number of aromatic nitrogens is 3. The Kier molecular flexibility index (Phi) is 5.30. The zero-order valence-corrected chi connectivity index (χ0v) is 14.3. The lowest BCUT2D eigenvalue weighted by atomic mass is 10.0. The van der Waals surface area contributed by atoms with Crippen molar-refractivity contribution >= 4 is 17.3 Å². The smallest absolute Gasteiger partial charge is 0.407 e. The number of ether oxygens (including phenoxy) is 1. The number of carbonyl (C=O) groups excluding carboxylic acids is 1. The highest BCUT2D eigenvalue weighted by Crippen LogP contribution is 2.22. The van der Waals surface area contributed by atoms with Crippen LogP contribution in [0.3, 0.4) is 0 Å². The molecule has 2 aromatic rings. The predicted molar refractivity (Wildman–Crippen MR) is 91.6 cm³/mol. The fourth-order valence-corrected chi connectivity index (χ4v) is 3.15. The molecule has 0 bridgehead atoms. The number of fused-ring (bicyclic) bond motifs is 1. The highest BCUT2D eigenvalue weighted by atomic mass is 16.5. The second-order valence-corrected chi connectivity index (χ2v) is 6.59. The molecule has 1 unspecified atom stereocenters. The van der Waals surface area contributed by atoms with Crippen molar-refractivity contribution in [2.24, 2.45) is 0 Å². The number of hydrogen-bond acceptors (Lipinski definition) is 5. The number of aromatic amines is 1. The molecule has 2 N–H and O–H groups in total. The van der Waals surface area contributed by atoms with Gasteiger partial charge in [-0.05, 0) is 33.2 Å². The van der Waals surface area contributed by atoms with E-state index in [1.807, 2.05) is 20.0 Å². The number of amides is 1. The van der Waals surface area contributed by atoms with Crippen LogP contribution in [0.4, 0.5) is 4.79 Å². The lowest BCUT2D eigenvalue weighted by Gasteiger charge is -2.35. The van der Waals surface area contributed by atoms with E-state index in [2.05, 4.69) is 25.2 Å². The number of nitrogens with zero attached hydrogens (tertiary/aromatic N) is 3. The van der Waals surface area contributed by atoms with E-state index in [4.69, 9.17) is 4.74 Å². The van der Waals surface area contributed by atoms with Crippen LogP contribution in [0.25, 0.3) is 11.2 Å². The van der Waals surface area contributed by atoms with Gasteiger partial charge in [-0.3, -0.25) is 9.88 Å². The molecular formula is C17H25N5O2. The summed E-state index contributed by atoms with van der Waals surface area (Å²) in [5.41, 5.74) is 2.87. The average molecular weight is 331 g/mol. The molecule has 1 aliphatic rings. The van der Waals surface area contributed by atoms with Crippen LogP contribution in [0.2, 0.25) is 0 Å². The van der Waals surface area contributed by atoms with Crippen LogP contribution in [-0.4, -0.2) is 51.2 Å². The van der Waals surface area contributed by atoms with Crippen LogP contribution in [-0.2, 0) is 11.3 Å². The maximum absolute atomic E-state index is 11.7. The summed E-state index contributed by atoms with van der Waals surface area (Å²) in [6.45, 7) is 6.07. The molecule has 24 heavy (non-hydrogen) atoms. The minimum absolute atomic E-state index is 0.0877. The van der Waals surface area contributed by atoms with E-state index < -0.39 is 0 Å². The van der Waals surface area contributed by atoms with E-state index in [-0.39, 0.29) is 18.2 Å². The minimum Gasteiger partial charge on any atom is -0.448 e. The molecule has 7 heteroatoms. The number of piperidine rings is 1. The summed E-state index contributed by atoms with van der Waals surface area (Å²) in [7, 11) is 0. The molecule has 1 saturated heterocycles. The molecule has 0 aliphatic carbocycles. The van der Waals surface area contributed by atoms with E-state index in [1.165, 1.54) is 12.8 Å². The molecule has 0 saturated carbocycles. The van der Waals surface area contributed by atoms with Gasteiger partial charge in [0, 0.05) is 42.8 Å². The molecule has 0 spiro atoms. The van der Waals surface area contributed by atoms with Crippen molar-refractivity contribution in [1.82, 2.24) is 25.2 Å². The molecule has 1 amide bonds. The van der Waals surface area contributed by atoms with E-state index in [1.54, 1.807) is 12.4 Å². The largest absolute Gasteiger partial charge is 0.448 e. The molecule has 3 rings (SSSR count). The van der Waals surface area contributed by atoms with Crippen molar-refractivity contribution in [3.05, 3.63) is 24.2 Å². The van der Waals surface area contributed by atoms with E-state index in [0.717, 1.165) is 36.2 Å². The maximum atomic E-state index is 11.7. The van der Waals surface area contributed by atoms with Gasteiger partial charge in [-0.15, -0.1) is 0 Å². The van der Waals surface area contributed by atoms with Gasteiger partial charge in [0.25, 0.3) is 0 Å². The molecule has 0 aromatic carbocycles. The van der Waals surface area contributed by atoms with E-state index >= 15 is 0 Å². The van der Waals surface area contributed by atoms with Gasteiger partial charge >= 0.3 is 6.09 Å². The number of nitrogens with one attached hydrogen (secondary N) is 2. The van der Waals surface area contributed by atoms with Gasteiger partial charge in [-0.25, -0.2) is 9.78 Å². The van der Waals surface area contributed by atoms with E-state index in [0.29, 0.717) is 6.61 Å². The van der Waals surface area contributed by atoms with Crippen LogP contribution >= 0.6 is 0 Å². The lowest BCUT2D eigenvalue weighted by molar-refractivity contribution is 0.0634. The molecule has 1 atom stereocenters. The first-order valence-corrected chi connectivity index (χ1v) is 8.58. The molecule has 0 radical (unpaired) electrons. The second kappa shape index (κ2) is 7.61. The second-order valence-electron chi connectivity index (χ2n) is 6.59. The summed E-state index contributed by atoms with van der Waals surface area (Å²) in [6.07, 6.45) is 8.42. The summed E-state index contributed by atoms with van der Waals surface area (Å²) < 4.78 is 5.40. The van der Waals surface area contributed by atoms with Gasteiger partial charge in [0.1, 0.15) is 12.1 Å². The van der Waals surface area contributed by atoms with Crippen molar-refractivity contribution in [2.75, 3.05) is 13.2 Å². The zero-order chi connectivity index (χ0) is 16.9. The number of rotatable bonds is 5. The van der Waals surface area contributed by atoms with Gasteiger partial charge in [0.05, 0.1) is 0 Å². The Labute approximate surface area is 141 Å². The Balaban J connectivity index is 1.63. The van der Waals surface area contributed by atoms with Crippen molar-refractivity contribution in [3.63, 3.8) is 0 Å². The third-order valence-corrected chi connectivity index (χ3v) is 4.32. The third-order valence-electron chi connectivity index (χ3n) is 4.32. The number of carbonyl (C=O) groups is 1. The summed E-state index contributed by atoms with van der Waals surface area (Å²) in [4.78, 5) is 26.0. The Morgan fingerprint density at radius 3 is 3.08 bits per heavy atom. The molecule has 2 aromatic heterocycles.